The summed E-state index contributed by atoms with van der Waals surface area (Å²) in [6, 6.07) is 5.62. The van der Waals surface area contributed by atoms with Crippen LogP contribution in [0.5, 0.6) is 0 Å². The average Bonchev–Trinajstić information content (AvgIpc) is 3.43. The summed E-state index contributed by atoms with van der Waals surface area (Å²) in [4.78, 5) is 47.2. The van der Waals surface area contributed by atoms with Crippen LogP contribution in [0, 0.1) is 11.6 Å². The first kappa shape index (κ1) is 28.3. The van der Waals surface area contributed by atoms with E-state index in [1.807, 2.05) is 12.2 Å². The number of nitrogens with zero attached hydrogens (tertiary/aromatic N) is 2. The Morgan fingerprint density at radius 2 is 2.02 bits per heavy atom. The summed E-state index contributed by atoms with van der Waals surface area (Å²) < 4.78 is 33.9. The third-order valence-electron chi connectivity index (χ3n) is 7.22. The van der Waals surface area contributed by atoms with E-state index in [9.17, 15) is 23.2 Å². The van der Waals surface area contributed by atoms with Crippen molar-refractivity contribution in [3.63, 3.8) is 0 Å². The lowest BCUT2D eigenvalue weighted by Crippen LogP contribution is -2.49. The van der Waals surface area contributed by atoms with Gasteiger partial charge in [0, 0.05) is 24.1 Å². The second-order valence-corrected chi connectivity index (χ2v) is 10.3. The van der Waals surface area contributed by atoms with Crippen molar-refractivity contribution in [1.29, 1.82) is 0 Å². The number of amides is 3. The highest BCUT2D eigenvalue weighted by Gasteiger charge is 2.35. The SMILES string of the molecule is COC(=O)Cc1ccc2c(c1)NC(=O)CC/C=C/C[C@H](N1CC[C@@H](c3c(F)ccc(Cl)c3F)NC1=O)c1ncc-2[nH]1. The van der Waals surface area contributed by atoms with Gasteiger partial charge >= 0.3 is 12.0 Å². The molecule has 2 aromatic carbocycles. The minimum Gasteiger partial charge on any atom is -0.469 e. The summed E-state index contributed by atoms with van der Waals surface area (Å²) in [5, 5.41) is 5.43. The lowest BCUT2D eigenvalue weighted by atomic mass is 9.99. The summed E-state index contributed by atoms with van der Waals surface area (Å²) >= 11 is 5.87. The molecule has 1 aromatic heterocycles. The van der Waals surface area contributed by atoms with Crippen molar-refractivity contribution < 1.29 is 27.9 Å². The van der Waals surface area contributed by atoms with Gasteiger partial charge in [0.1, 0.15) is 17.5 Å². The summed E-state index contributed by atoms with van der Waals surface area (Å²) in [6.45, 7) is 0.212. The number of nitrogens with one attached hydrogen (secondary N) is 3. The van der Waals surface area contributed by atoms with Crippen LogP contribution in [0.1, 0.15) is 54.7 Å². The first-order valence-electron chi connectivity index (χ1n) is 13.2. The van der Waals surface area contributed by atoms with Crippen LogP contribution in [0.25, 0.3) is 11.3 Å². The molecule has 214 valence electrons. The Kier molecular flexibility index (Phi) is 8.34. The van der Waals surface area contributed by atoms with Crippen molar-refractivity contribution in [1.82, 2.24) is 20.2 Å². The monoisotopic (exact) mass is 583 g/mol. The van der Waals surface area contributed by atoms with Crippen molar-refractivity contribution in [3.8, 4) is 11.3 Å². The molecule has 1 saturated heterocycles. The number of halogens is 3. The molecule has 12 heteroatoms. The number of ether oxygens (including phenoxy) is 1. The number of aromatic amines is 1. The standard InChI is InChI=1S/C29H28ClF2N5O4/c1-41-25(39)14-16-7-8-17-21(13-16)34-24(38)6-4-2-3-5-23(28-33-15-22(17)35-28)37-12-11-20(36-29(37)40)26-19(31)10-9-18(30)27(26)32/h2-3,7-10,13,15,20,23H,4-6,11-12,14H2,1H3,(H,33,35)(H,34,38)(H,36,40)/b3-2+/t20-,23-/m0/s1. The van der Waals surface area contributed by atoms with Gasteiger partial charge in [0.05, 0.1) is 48.2 Å². The van der Waals surface area contributed by atoms with Crippen LogP contribution in [-0.4, -0.2) is 46.4 Å². The van der Waals surface area contributed by atoms with Crippen LogP contribution in [0.15, 0.2) is 48.7 Å². The Bertz CT molecular complexity index is 1520. The molecule has 0 saturated carbocycles. The number of benzene rings is 2. The molecule has 3 amide bonds. The number of allylic oxidation sites excluding steroid dienone is 1. The maximum Gasteiger partial charge on any atom is 0.318 e. The van der Waals surface area contributed by atoms with E-state index in [2.05, 4.69) is 20.6 Å². The highest BCUT2D eigenvalue weighted by molar-refractivity contribution is 6.30. The number of methoxy groups -OCH3 is 1. The Balaban J connectivity index is 1.44. The van der Waals surface area contributed by atoms with Crippen LogP contribution < -0.4 is 10.6 Å². The smallest absolute Gasteiger partial charge is 0.318 e. The molecule has 1 fully saturated rings. The predicted molar refractivity (Wildman–Crippen MR) is 148 cm³/mol. The highest BCUT2D eigenvalue weighted by Crippen LogP contribution is 2.35. The number of anilines is 1. The van der Waals surface area contributed by atoms with E-state index >= 15 is 0 Å². The van der Waals surface area contributed by atoms with Gasteiger partial charge in [-0.2, -0.15) is 0 Å². The zero-order valence-electron chi connectivity index (χ0n) is 22.2. The molecule has 0 spiro atoms. The molecule has 5 rings (SSSR count). The van der Waals surface area contributed by atoms with Crippen molar-refractivity contribution in [2.24, 2.45) is 0 Å². The van der Waals surface area contributed by atoms with Gasteiger partial charge in [0.25, 0.3) is 0 Å². The molecule has 0 radical (unpaired) electrons. The Hall–Kier alpha value is -4.25. The van der Waals surface area contributed by atoms with Crippen LogP contribution in [-0.2, 0) is 20.7 Å². The first-order valence-corrected chi connectivity index (χ1v) is 13.5. The summed E-state index contributed by atoms with van der Waals surface area (Å²) in [5.41, 5.74) is 2.18. The van der Waals surface area contributed by atoms with Gasteiger partial charge in [0.15, 0.2) is 0 Å². The lowest BCUT2D eigenvalue weighted by molar-refractivity contribution is -0.139. The average molecular weight is 584 g/mol. The Morgan fingerprint density at radius 3 is 2.80 bits per heavy atom. The molecule has 0 unspecified atom stereocenters. The van der Waals surface area contributed by atoms with Gasteiger partial charge in [-0.1, -0.05) is 35.9 Å². The minimum atomic E-state index is -0.886. The molecule has 9 nitrogen and oxygen atoms in total. The number of hydrogen-bond donors (Lipinski definition) is 3. The number of esters is 1. The lowest BCUT2D eigenvalue weighted by Gasteiger charge is -2.37. The van der Waals surface area contributed by atoms with Gasteiger partial charge in [-0.25, -0.2) is 18.6 Å². The molecule has 2 aliphatic heterocycles. The quantitative estimate of drug-likeness (QED) is 0.210. The predicted octanol–water partition coefficient (Wildman–Crippen LogP) is 5.60. The molecule has 0 aliphatic carbocycles. The maximum atomic E-state index is 14.7. The second kappa shape index (κ2) is 12.1. The second-order valence-electron chi connectivity index (χ2n) is 9.87. The number of fused-ring (bicyclic) bond motifs is 4. The Labute approximate surface area is 239 Å². The van der Waals surface area contributed by atoms with Crippen molar-refractivity contribution in [2.75, 3.05) is 19.0 Å². The molecule has 3 N–H and O–H groups in total. The summed E-state index contributed by atoms with van der Waals surface area (Å²) in [7, 11) is 1.31. The highest BCUT2D eigenvalue weighted by atomic mass is 35.5. The number of aromatic nitrogens is 2. The summed E-state index contributed by atoms with van der Waals surface area (Å²) in [5.74, 6) is -1.75. The zero-order chi connectivity index (χ0) is 29.1. The first-order chi connectivity index (χ1) is 19.7. The molecule has 41 heavy (non-hydrogen) atoms. The molecule has 2 aliphatic rings. The van der Waals surface area contributed by atoms with Crippen LogP contribution in [0.4, 0.5) is 19.3 Å². The van der Waals surface area contributed by atoms with Crippen molar-refractivity contribution in [2.45, 2.75) is 44.2 Å². The fourth-order valence-electron chi connectivity index (χ4n) is 5.13. The van der Waals surface area contributed by atoms with Crippen LogP contribution in [0.2, 0.25) is 5.02 Å². The number of hydrogen-bond acceptors (Lipinski definition) is 5. The largest absolute Gasteiger partial charge is 0.469 e. The zero-order valence-corrected chi connectivity index (χ0v) is 22.9. The van der Waals surface area contributed by atoms with Gasteiger partial charge in [-0.05, 0) is 43.0 Å². The molecule has 2 atom stereocenters. The molecule has 3 aromatic rings. The van der Waals surface area contributed by atoms with E-state index in [4.69, 9.17) is 16.3 Å². The number of H-pyrrole nitrogens is 1. The normalized spacial score (nSPS) is 20.0. The fraction of sp³-hybridized carbons (Fsp3) is 0.310. The van der Waals surface area contributed by atoms with E-state index in [-0.39, 0.29) is 42.3 Å². The maximum absolute atomic E-state index is 14.7. The number of imidazole rings is 1. The van der Waals surface area contributed by atoms with Gasteiger partial charge in [-0.15, -0.1) is 0 Å². The number of urea groups is 1. The summed E-state index contributed by atoms with van der Waals surface area (Å²) in [6.07, 6.45) is 6.77. The van der Waals surface area contributed by atoms with E-state index in [0.717, 1.165) is 12.1 Å². The number of carbonyl (C=O) groups is 3. The van der Waals surface area contributed by atoms with Crippen molar-refractivity contribution in [3.05, 3.63) is 82.3 Å². The topological polar surface area (TPSA) is 116 Å². The molecular weight excluding hydrogens is 556 g/mol. The Morgan fingerprint density at radius 1 is 1.20 bits per heavy atom. The third-order valence-corrected chi connectivity index (χ3v) is 7.51. The van der Waals surface area contributed by atoms with Crippen LogP contribution in [0.3, 0.4) is 0 Å². The van der Waals surface area contributed by atoms with Crippen LogP contribution >= 0.6 is 11.6 Å². The fourth-order valence-corrected chi connectivity index (χ4v) is 5.29. The molecule has 3 heterocycles. The van der Waals surface area contributed by atoms with E-state index < -0.39 is 35.7 Å². The van der Waals surface area contributed by atoms with Gasteiger partial charge < -0.3 is 25.3 Å². The van der Waals surface area contributed by atoms with E-state index in [1.165, 1.54) is 7.11 Å². The number of carbonyl (C=O) groups excluding carboxylic acids is 3. The van der Waals surface area contributed by atoms with Gasteiger partial charge in [-0.3, -0.25) is 9.59 Å². The third kappa shape index (κ3) is 6.09. The number of rotatable bonds is 4. The van der Waals surface area contributed by atoms with E-state index in [0.29, 0.717) is 41.2 Å². The van der Waals surface area contributed by atoms with Crippen molar-refractivity contribution >= 4 is 35.2 Å². The molecule has 2 bridgehead atoms. The minimum absolute atomic E-state index is 0.0484. The molecular formula is C29H28ClF2N5O4. The van der Waals surface area contributed by atoms with E-state index in [1.54, 1.807) is 29.3 Å². The van der Waals surface area contributed by atoms with Gasteiger partial charge in [0.2, 0.25) is 5.91 Å².